The van der Waals surface area contributed by atoms with Crippen molar-refractivity contribution in [1.29, 1.82) is 0 Å². The maximum atomic E-state index is 6.65. The number of methoxy groups -OCH3 is 1. The largest absolute Gasteiger partial charge is 0.490 e. The van der Waals surface area contributed by atoms with Gasteiger partial charge in [0.15, 0.2) is 0 Å². The Bertz CT molecular complexity index is 1290. The first kappa shape index (κ1) is 21.3. The van der Waals surface area contributed by atoms with Crippen LogP contribution in [0.4, 0.5) is 0 Å². The van der Waals surface area contributed by atoms with Crippen LogP contribution in [0.25, 0.3) is 16.6 Å². The molecule has 6 nitrogen and oxygen atoms in total. The molecule has 0 aliphatic carbocycles. The lowest BCUT2D eigenvalue weighted by Crippen LogP contribution is -2.25. The molecule has 0 radical (unpaired) electrons. The zero-order chi connectivity index (χ0) is 22.2. The molecule has 0 saturated heterocycles. The smallest absolute Gasteiger partial charge is 0.316 e. The lowest BCUT2D eigenvalue weighted by atomic mass is 10.1. The van der Waals surface area contributed by atoms with Crippen molar-refractivity contribution in [3.8, 4) is 17.4 Å². The molecule has 2 aromatic heterocycles. The van der Waals surface area contributed by atoms with Crippen LogP contribution in [0, 0.1) is 0 Å². The standard InChI is InChI=1S/C23H19Cl3N4O2/c1-31-23-27-9-14(10-28-23)11-29-4-5-32-22-15(12-29)6-17(8-19(22)25)30-13-20(26)18-7-16(24)2-3-21(18)30/h2-3,6-10,13H,4-5,11-12H2,1H3. The van der Waals surface area contributed by atoms with E-state index >= 15 is 0 Å². The maximum Gasteiger partial charge on any atom is 0.316 e. The van der Waals surface area contributed by atoms with E-state index in [0.29, 0.717) is 40.8 Å². The summed E-state index contributed by atoms with van der Waals surface area (Å²) in [7, 11) is 1.55. The van der Waals surface area contributed by atoms with E-state index in [-0.39, 0.29) is 0 Å². The third-order valence-corrected chi connectivity index (χ3v) is 6.24. The molecule has 0 atom stereocenters. The van der Waals surface area contributed by atoms with Gasteiger partial charge in [0.1, 0.15) is 12.4 Å². The van der Waals surface area contributed by atoms with Crippen molar-refractivity contribution in [1.82, 2.24) is 19.4 Å². The minimum Gasteiger partial charge on any atom is -0.490 e. The second-order valence-electron chi connectivity index (χ2n) is 7.56. The van der Waals surface area contributed by atoms with Crippen LogP contribution in [0.3, 0.4) is 0 Å². The zero-order valence-corrected chi connectivity index (χ0v) is 19.5. The minimum absolute atomic E-state index is 0.355. The molecular weight excluding hydrogens is 471 g/mol. The minimum atomic E-state index is 0.355. The van der Waals surface area contributed by atoms with Crippen molar-refractivity contribution in [3.05, 3.63) is 75.1 Å². The first-order chi connectivity index (χ1) is 15.5. The summed E-state index contributed by atoms with van der Waals surface area (Å²) in [6.07, 6.45) is 5.44. The molecule has 0 spiro atoms. The molecule has 0 bridgehead atoms. The number of rotatable bonds is 4. The topological polar surface area (TPSA) is 52.4 Å². The van der Waals surface area contributed by atoms with Gasteiger partial charge in [-0.15, -0.1) is 0 Å². The molecule has 4 aromatic rings. The Morgan fingerprint density at radius 1 is 1.06 bits per heavy atom. The highest BCUT2D eigenvalue weighted by molar-refractivity contribution is 6.37. The summed E-state index contributed by atoms with van der Waals surface area (Å²) in [6.45, 7) is 2.65. The van der Waals surface area contributed by atoms with Crippen molar-refractivity contribution >= 4 is 45.7 Å². The Kier molecular flexibility index (Phi) is 5.86. The molecule has 1 aliphatic heterocycles. The second-order valence-corrected chi connectivity index (χ2v) is 8.81. The average Bonchev–Trinajstić information content (AvgIpc) is 2.97. The number of halogens is 3. The lowest BCUT2D eigenvalue weighted by Gasteiger charge is -2.19. The van der Waals surface area contributed by atoms with Gasteiger partial charge in [0, 0.05) is 65.4 Å². The van der Waals surface area contributed by atoms with E-state index in [2.05, 4.69) is 20.9 Å². The molecule has 0 unspecified atom stereocenters. The first-order valence-electron chi connectivity index (χ1n) is 10.0. The highest BCUT2D eigenvalue weighted by Crippen LogP contribution is 2.37. The Hall–Kier alpha value is -2.51. The van der Waals surface area contributed by atoms with Gasteiger partial charge in [0.05, 0.1) is 22.7 Å². The van der Waals surface area contributed by atoms with Gasteiger partial charge in [0.2, 0.25) is 0 Å². The Morgan fingerprint density at radius 3 is 2.66 bits per heavy atom. The molecule has 32 heavy (non-hydrogen) atoms. The monoisotopic (exact) mass is 488 g/mol. The van der Waals surface area contributed by atoms with E-state index in [1.54, 1.807) is 19.5 Å². The fraction of sp³-hybridized carbons (Fsp3) is 0.217. The molecule has 0 saturated carbocycles. The molecule has 5 rings (SSSR count). The number of nitrogens with zero attached hydrogens (tertiary/aromatic N) is 4. The van der Waals surface area contributed by atoms with Gasteiger partial charge in [-0.1, -0.05) is 34.8 Å². The predicted molar refractivity (Wildman–Crippen MR) is 126 cm³/mol. The van der Waals surface area contributed by atoms with Crippen LogP contribution >= 0.6 is 34.8 Å². The molecule has 9 heteroatoms. The summed E-state index contributed by atoms with van der Waals surface area (Å²) in [6, 6.07) is 10.0. The van der Waals surface area contributed by atoms with Crippen LogP contribution in [-0.2, 0) is 13.1 Å². The van der Waals surface area contributed by atoms with Gasteiger partial charge in [-0.05, 0) is 30.3 Å². The second kappa shape index (κ2) is 8.79. The fourth-order valence-electron chi connectivity index (χ4n) is 3.95. The van der Waals surface area contributed by atoms with E-state index < -0.39 is 0 Å². The summed E-state index contributed by atoms with van der Waals surface area (Å²) in [5, 5.41) is 2.73. The highest BCUT2D eigenvalue weighted by atomic mass is 35.5. The average molecular weight is 490 g/mol. The molecule has 0 amide bonds. The van der Waals surface area contributed by atoms with Gasteiger partial charge in [0.25, 0.3) is 0 Å². The van der Waals surface area contributed by atoms with E-state index in [4.69, 9.17) is 44.3 Å². The fourth-order valence-corrected chi connectivity index (χ4v) is 4.66. The predicted octanol–water partition coefficient (Wildman–Crippen LogP) is 5.78. The van der Waals surface area contributed by atoms with Crippen LogP contribution in [0.5, 0.6) is 11.8 Å². The Balaban J connectivity index is 1.49. The third kappa shape index (κ3) is 4.11. The van der Waals surface area contributed by atoms with Crippen molar-refractivity contribution < 1.29 is 9.47 Å². The molecule has 3 heterocycles. The van der Waals surface area contributed by atoms with Gasteiger partial charge < -0.3 is 14.0 Å². The van der Waals surface area contributed by atoms with Crippen LogP contribution in [0.2, 0.25) is 15.1 Å². The van der Waals surface area contributed by atoms with Crippen molar-refractivity contribution in [3.63, 3.8) is 0 Å². The van der Waals surface area contributed by atoms with Crippen molar-refractivity contribution in [2.75, 3.05) is 20.3 Å². The quantitative estimate of drug-likeness (QED) is 0.363. The Labute approximate surface area is 200 Å². The summed E-state index contributed by atoms with van der Waals surface area (Å²) < 4.78 is 13.1. The van der Waals surface area contributed by atoms with Gasteiger partial charge in [-0.3, -0.25) is 4.90 Å². The molecule has 0 N–H and O–H groups in total. The number of ether oxygens (including phenoxy) is 2. The zero-order valence-electron chi connectivity index (χ0n) is 17.2. The van der Waals surface area contributed by atoms with E-state index in [1.165, 1.54) is 0 Å². The van der Waals surface area contributed by atoms with E-state index in [9.17, 15) is 0 Å². The normalized spacial score (nSPS) is 14.1. The van der Waals surface area contributed by atoms with Crippen molar-refractivity contribution in [2.45, 2.75) is 13.1 Å². The van der Waals surface area contributed by atoms with Gasteiger partial charge in [-0.25, -0.2) is 9.97 Å². The van der Waals surface area contributed by atoms with Gasteiger partial charge >= 0.3 is 6.01 Å². The maximum absolute atomic E-state index is 6.65. The molecule has 0 fully saturated rings. The van der Waals surface area contributed by atoms with Gasteiger partial charge in [-0.2, -0.15) is 0 Å². The number of benzene rings is 2. The van der Waals surface area contributed by atoms with E-state index in [0.717, 1.165) is 40.0 Å². The number of aromatic nitrogens is 3. The van der Waals surface area contributed by atoms with E-state index in [1.807, 2.05) is 35.0 Å². The van der Waals surface area contributed by atoms with Crippen molar-refractivity contribution in [2.24, 2.45) is 0 Å². The molecule has 1 aliphatic rings. The summed E-state index contributed by atoms with van der Waals surface area (Å²) in [5.41, 5.74) is 3.87. The Morgan fingerprint density at radius 2 is 1.88 bits per heavy atom. The van der Waals surface area contributed by atoms with Crippen LogP contribution in [-0.4, -0.2) is 39.7 Å². The SMILES string of the molecule is COc1ncc(CN2CCOc3c(Cl)cc(-n4cc(Cl)c5cc(Cl)ccc54)cc3C2)cn1. The number of hydrogen-bond donors (Lipinski definition) is 0. The summed E-state index contributed by atoms with van der Waals surface area (Å²) in [4.78, 5) is 10.7. The third-order valence-electron chi connectivity index (χ3n) is 5.42. The summed E-state index contributed by atoms with van der Waals surface area (Å²) in [5.74, 6) is 0.717. The number of hydrogen-bond acceptors (Lipinski definition) is 5. The first-order valence-corrected chi connectivity index (χ1v) is 11.1. The van der Waals surface area contributed by atoms with Crippen LogP contribution in [0.15, 0.2) is 48.9 Å². The highest BCUT2D eigenvalue weighted by Gasteiger charge is 2.21. The molecular formula is C23H19Cl3N4O2. The summed E-state index contributed by atoms with van der Waals surface area (Å²) >= 11 is 19.3. The molecule has 2 aromatic carbocycles. The van der Waals surface area contributed by atoms with Crippen LogP contribution < -0.4 is 9.47 Å². The molecule has 164 valence electrons. The van der Waals surface area contributed by atoms with Crippen LogP contribution in [0.1, 0.15) is 11.1 Å². The lowest BCUT2D eigenvalue weighted by molar-refractivity contribution is 0.219. The number of fused-ring (bicyclic) bond motifs is 2.